The van der Waals surface area contributed by atoms with E-state index in [1.54, 1.807) is 19.1 Å². The lowest BCUT2D eigenvalue weighted by atomic mass is 9.84. The minimum Gasteiger partial charge on any atom is -0.490 e. The zero-order chi connectivity index (χ0) is 25.6. The van der Waals surface area contributed by atoms with Gasteiger partial charge in [0.25, 0.3) is 5.91 Å². The van der Waals surface area contributed by atoms with Gasteiger partial charge in [-0.2, -0.15) is 4.98 Å². The van der Waals surface area contributed by atoms with Crippen molar-refractivity contribution in [3.8, 4) is 17.1 Å². The van der Waals surface area contributed by atoms with Gasteiger partial charge in [0.1, 0.15) is 17.7 Å². The van der Waals surface area contributed by atoms with Crippen LogP contribution in [0.1, 0.15) is 61.2 Å². The van der Waals surface area contributed by atoms with Crippen molar-refractivity contribution in [3.63, 3.8) is 0 Å². The number of halogens is 1. The van der Waals surface area contributed by atoms with E-state index in [1.807, 2.05) is 24.3 Å². The Morgan fingerprint density at radius 1 is 1.08 bits per heavy atom. The molecule has 1 N–H and O–H groups in total. The molecule has 7 nitrogen and oxygen atoms in total. The van der Waals surface area contributed by atoms with Crippen molar-refractivity contribution in [1.29, 1.82) is 0 Å². The fourth-order valence-corrected chi connectivity index (χ4v) is 5.40. The molecule has 1 aromatic heterocycles. The normalized spacial score (nSPS) is 21.0. The van der Waals surface area contributed by atoms with Gasteiger partial charge in [-0.15, -0.1) is 0 Å². The van der Waals surface area contributed by atoms with Crippen LogP contribution in [0.3, 0.4) is 0 Å². The van der Waals surface area contributed by atoms with Gasteiger partial charge in [0.15, 0.2) is 0 Å². The zero-order valence-electron chi connectivity index (χ0n) is 21.4. The number of nitrogens with one attached hydrogen (secondary N) is 1. The molecule has 1 saturated carbocycles. The molecule has 37 heavy (non-hydrogen) atoms. The fraction of sp³-hybridized carbons (Fsp3) is 0.483. The molecule has 0 bridgehead atoms. The summed E-state index contributed by atoms with van der Waals surface area (Å²) in [5, 5.41) is 7.17. The molecular formula is C29H35FN4O3. The smallest absolute Gasteiger partial charge is 0.251 e. The maximum atomic E-state index is 13.1. The Kier molecular flexibility index (Phi) is 8.14. The van der Waals surface area contributed by atoms with E-state index in [0.29, 0.717) is 23.2 Å². The van der Waals surface area contributed by atoms with Crippen LogP contribution in [-0.4, -0.2) is 52.7 Å². The van der Waals surface area contributed by atoms with Crippen molar-refractivity contribution in [1.82, 2.24) is 20.4 Å². The topological polar surface area (TPSA) is 80.5 Å². The third-order valence-electron chi connectivity index (χ3n) is 7.60. The largest absolute Gasteiger partial charge is 0.490 e. The predicted octanol–water partition coefficient (Wildman–Crippen LogP) is 5.41. The number of amides is 1. The van der Waals surface area contributed by atoms with E-state index >= 15 is 0 Å². The van der Waals surface area contributed by atoms with Gasteiger partial charge >= 0.3 is 0 Å². The highest BCUT2D eigenvalue weighted by molar-refractivity contribution is 5.95. The highest BCUT2D eigenvalue weighted by Crippen LogP contribution is 2.28. The lowest BCUT2D eigenvalue weighted by Crippen LogP contribution is -2.40. The van der Waals surface area contributed by atoms with Gasteiger partial charge in [0.05, 0.1) is 0 Å². The number of rotatable bonds is 8. The molecule has 0 unspecified atom stereocenters. The van der Waals surface area contributed by atoms with E-state index in [2.05, 4.69) is 20.4 Å². The summed E-state index contributed by atoms with van der Waals surface area (Å²) in [6, 6.07) is 13.9. The monoisotopic (exact) mass is 506 g/mol. The van der Waals surface area contributed by atoms with Crippen molar-refractivity contribution < 1.29 is 18.4 Å². The van der Waals surface area contributed by atoms with Crippen LogP contribution >= 0.6 is 0 Å². The SMILES string of the molecule is Cc1nc(-c2cccc(C(=O)NC3CCC(CCN4CCC(Oc5ccc(F)cc5)CC4)CC3)c2)no1. The maximum absolute atomic E-state index is 13.1. The third-order valence-corrected chi connectivity index (χ3v) is 7.60. The van der Waals surface area contributed by atoms with Crippen molar-refractivity contribution in [2.75, 3.05) is 19.6 Å². The van der Waals surface area contributed by atoms with E-state index in [4.69, 9.17) is 9.26 Å². The Morgan fingerprint density at radius 3 is 2.54 bits per heavy atom. The standard InChI is InChI=1S/C29H35FN4O3/c1-20-31-28(33-37-20)22-3-2-4-23(19-22)29(35)32-25-9-5-21(6-10-25)13-16-34-17-14-27(15-18-34)36-26-11-7-24(30)8-12-26/h2-4,7-8,11-12,19,21,25,27H,5-6,9-10,13-18H2,1H3,(H,32,35). The average molecular weight is 507 g/mol. The number of likely N-dealkylation sites (tertiary alicyclic amines) is 1. The van der Waals surface area contributed by atoms with E-state index in [0.717, 1.165) is 69.5 Å². The molecule has 2 aromatic carbocycles. The summed E-state index contributed by atoms with van der Waals surface area (Å²) in [6.07, 6.45) is 7.76. The van der Waals surface area contributed by atoms with Crippen LogP contribution in [0, 0.1) is 18.7 Å². The molecular weight excluding hydrogens is 471 g/mol. The number of carbonyl (C=O) groups excluding carboxylic acids is 1. The Bertz CT molecular complexity index is 1170. The summed E-state index contributed by atoms with van der Waals surface area (Å²) < 4.78 is 24.2. The van der Waals surface area contributed by atoms with Gasteiger partial charge in [-0.1, -0.05) is 17.3 Å². The third kappa shape index (κ3) is 6.95. The molecule has 5 rings (SSSR count). The summed E-state index contributed by atoms with van der Waals surface area (Å²) in [7, 11) is 0. The molecule has 0 atom stereocenters. The van der Waals surface area contributed by atoms with Gasteiger partial charge in [-0.25, -0.2) is 4.39 Å². The lowest BCUT2D eigenvalue weighted by molar-refractivity contribution is 0.0897. The molecule has 2 aliphatic rings. The minimum atomic E-state index is -0.236. The Labute approximate surface area is 217 Å². The van der Waals surface area contributed by atoms with Crippen LogP contribution < -0.4 is 10.1 Å². The first-order chi connectivity index (χ1) is 18.0. The molecule has 3 aromatic rings. The molecule has 1 amide bonds. The van der Waals surface area contributed by atoms with Crippen molar-refractivity contribution in [3.05, 3.63) is 65.8 Å². The number of ether oxygens (including phenoxy) is 1. The Hall–Kier alpha value is -3.26. The number of benzene rings is 2. The Balaban J connectivity index is 1.00. The minimum absolute atomic E-state index is 0.0451. The van der Waals surface area contributed by atoms with Gasteiger partial charge in [-0.3, -0.25) is 4.79 Å². The van der Waals surface area contributed by atoms with E-state index in [9.17, 15) is 9.18 Å². The second kappa shape index (κ2) is 11.9. The van der Waals surface area contributed by atoms with Crippen LogP contribution in [0.4, 0.5) is 4.39 Å². The van der Waals surface area contributed by atoms with Crippen LogP contribution in [-0.2, 0) is 0 Å². The van der Waals surface area contributed by atoms with Crippen LogP contribution in [0.25, 0.3) is 11.4 Å². The van der Waals surface area contributed by atoms with Crippen molar-refractivity contribution in [2.45, 2.75) is 64.0 Å². The molecule has 0 spiro atoms. The molecule has 196 valence electrons. The van der Waals surface area contributed by atoms with E-state index < -0.39 is 0 Å². The number of aryl methyl sites for hydroxylation is 1. The van der Waals surface area contributed by atoms with Crippen molar-refractivity contribution >= 4 is 5.91 Å². The highest BCUT2D eigenvalue weighted by atomic mass is 19.1. The fourth-order valence-electron chi connectivity index (χ4n) is 5.40. The Morgan fingerprint density at radius 2 is 1.84 bits per heavy atom. The maximum Gasteiger partial charge on any atom is 0.251 e. The van der Waals surface area contributed by atoms with E-state index in [-0.39, 0.29) is 23.9 Å². The second-order valence-electron chi connectivity index (χ2n) is 10.3. The number of hydrogen-bond donors (Lipinski definition) is 1. The molecule has 8 heteroatoms. The summed E-state index contributed by atoms with van der Waals surface area (Å²) in [5.74, 6) is 2.18. The number of aromatic nitrogens is 2. The highest BCUT2D eigenvalue weighted by Gasteiger charge is 2.25. The van der Waals surface area contributed by atoms with Crippen LogP contribution in [0.5, 0.6) is 5.75 Å². The zero-order valence-corrected chi connectivity index (χ0v) is 21.4. The van der Waals surface area contributed by atoms with Crippen LogP contribution in [0.2, 0.25) is 0 Å². The first-order valence-electron chi connectivity index (χ1n) is 13.4. The summed E-state index contributed by atoms with van der Waals surface area (Å²) in [4.78, 5) is 19.7. The number of hydrogen-bond acceptors (Lipinski definition) is 6. The summed E-state index contributed by atoms with van der Waals surface area (Å²) in [6.45, 7) is 4.95. The quantitative estimate of drug-likeness (QED) is 0.440. The summed E-state index contributed by atoms with van der Waals surface area (Å²) in [5.41, 5.74) is 1.40. The number of carbonyl (C=O) groups is 1. The van der Waals surface area contributed by atoms with Gasteiger partial charge < -0.3 is 19.5 Å². The lowest BCUT2D eigenvalue weighted by Gasteiger charge is -2.34. The summed E-state index contributed by atoms with van der Waals surface area (Å²) >= 11 is 0. The van der Waals surface area contributed by atoms with E-state index in [1.165, 1.54) is 18.6 Å². The number of nitrogens with zero attached hydrogens (tertiary/aromatic N) is 3. The van der Waals surface area contributed by atoms with Gasteiger partial charge in [0.2, 0.25) is 11.7 Å². The molecule has 1 aliphatic heterocycles. The molecule has 1 saturated heterocycles. The number of piperidine rings is 1. The van der Waals surface area contributed by atoms with Gasteiger partial charge in [-0.05, 0) is 93.8 Å². The second-order valence-corrected chi connectivity index (χ2v) is 10.3. The average Bonchev–Trinajstić information content (AvgIpc) is 3.37. The first kappa shape index (κ1) is 25.4. The van der Waals surface area contributed by atoms with Crippen LogP contribution in [0.15, 0.2) is 53.1 Å². The molecule has 0 radical (unpaired) electrons. The first-order valence-corrected chi connectivity index (χ1v) is 13.4. The van der Waals surface area contributed by atoms with Crippen molar-refractivity contribution in [2.24, 2.45) is 5.92 Å². The molecule has 1 aliphatic carbocycles. The molecule has 2 heterocycles. The molecule has 2 fully saturated rings. The predicted molar refractivity (Wildman–Crippen MR) is 139 cm³/mol. The van der Waals surface area contributed by atoms with Gasteiger partial charge in [0, 0.05) is 37.2 Å².